The number of rotatable bonds is 13. The Labute approximate surface area is 245 Å². The predicted molar refractivity (Wildman–Crippen MR) is 159 cm³/mol. The highest BCUT2D eigenvalue weighted by Gasteiger charge is 2.30. The maximum atomic E-state index is 14.0. The molecule has 2 amide bonds. The monoisotopic (exact) mass is 570 g/mol. The van der Waals surface area contributed by atoms with E-state index in [4.69, 9.17) is 14.2 Å². The topological polar surface area (TPSA) is 77.1 Å². The van der Waals surface area contributed by atoms with Crippen molar-refractivity contribution in [1.29, 1.82) is 0 Å². The van der Waals surface area contributed by atoms with Gasteiger partial charge >= 0.3 is 0 Å². The first-order valence-corrected chi connectivity index (χ1v) is 13.6. The Morgan fingerprint density at radius 1 is 0.738 bits per heavy atom. The number of hydrogen-bond donors (Lipinski definition) is 1. The minimum absolute atomic E-state index is 0.0264. The third-order valence-electron chi connectivity index (χ3n) is 6.97. The van der Waals surface area contributed by atoms with Crippen LogP contribution in [0.1, 0.15) is 22.3 Å². The summed E-state index contributed by atoms with van der Waals surface area (Å²) in [7, 11) is 4.68. The van der Waals surface area contributed by atoms with Crippen molar-refractivity contribution in [3.05, 3.63) is 125 Å². The molecule has 0 bridgehead atoms. The standard InChI is InChI=1S/C34H35FN2O5/c1-40-29-16-11-25(12-17-29)22-36-34(39)30(19-24-7-5-4-6-8-24)37(23-26-9-14-28(35)15-10-26)33(38)21-27-13-18-31(41-2)32(20-27)42-3/h4-18,20,30H,19,21-23H2,1-3H3,(H,36,39). The van der Waals surface area contributed by atoms with Crippen molar-refractivity contribution < 1.29 is 28.2 Å². The Morgan fingerprint density at radius 3 is 2.02 bits per heavy atom. The van der Waals surface area contributed by atoms with E-state index in [2.05, 4.69) is 5.32 Å². The molecule has 1 unspecified atom stereocenters. The van der Waals surface area contributed by atoms with Gasteiger partial charge in [-0.05, 0) is 58.7 Å². The summed E-state index contributed by atoms with van der Waals surface area (Å²) in [6.45, 7) is 0.405. The van der Waals surface area contributed by atoms with E-state index in [0.717, 1.165) is 16.9 Å². The molecule has 4 aromatic rings. The van der Waals surface area contributed by atoms with Crippen molar-refractivity contribution in [2.45, 2.75) is 32.0 Å². The molecule has 0 radical (unpaired) electrons. The fraction of sp³-hybridized carbons (Fsp3) is 0.235. The summed E-state index contributed by atoms with van der Waals surface area (Å²) in [5, 5.41) is 3.01. The highest BCUT2D eigenvalue weighted by molar-refractivity contribution is 5.89. The summed E-state index contributed by atoms with van der Waals surface area (Å²) in [5.74, 6) is 0.852. The summed E-state index contributed by atoms with van der Waals surface area (Å²) < 4.78 is 29.7. The van der Waals surface area contributed by atoms with Crippen molar-refractivity contribution >= 4 is 11.8 Å². The van der Waals surface area contributed by atoms with Gasteiger partial charge in [-0.3, -0.25) is 9.59 Å². The molecule has 0 aliphatic rings. The van der Waals surface area contributed by atoms with Crippen LogP contribution in [0.3, 0.4) is 0 Å². The number of benzene rings is 4. The number of nitrogens with zero attached hydrogens (tertiary/aromatic N) is 1. The van der Waals surface area contributed by atoms with Crippen molar-refractivity contribution in [1.82, 2.24) is 10.2 Å². The molecule has 0 saturated carbocycles. The molecule has 4 rings (SSSR count). The van der Waals surface area contributed by atoms with E-state index >= 15 is 0 Å². The van der Waals surface area contributed by atoms with E-state index in [-0.39, 0.29) is 37.1 Å². The smallest absolute Gasteiger partial charge is 0.243 e. The molecule has 0 aliphatic heterocycles. The predicted octanol–water partition coefficient (Wildman–Crippen LogP) is 5.35. The van der Waals surface area contributed by atoms with Gasteiger partial charge in [0.25, 0.3) is 0 Å². The summed E-state index contributed by atoms with van der Waals surface area (Å²) in [6, 6.07) is 27.4. The Balaban J connectivity index is 1.65. The highest BCUT2D eigenvalue weighted by atomic mass is 19.1. The van der Waals surface area contributed by atoms with E-state index in [1.165, 1.54) is 19.2 Å². The fourth-order valence-corrected chi connectivity index (χ4v) is 4.66. The van der Waals surface area contributed by atoms with Crippen LogP contribution >= 0.6 is 0 Å². The minimum atomic E-state index is -0.830. The van der Waals surface area contributed by atoms with Crippen LogP contribution in [0, 0.1) is 5.82 Å². The van der Waals surface area contributed by atoms with Crippen LogP contribution in [0.5, 0.6) is 17.2 Å². The normalized spacial score (nSPS) is 11.3. The fourth-order valence-electron chi connectivity index (χ4n) is 4.66. The molecule has 0 saturated heterocycles. The lowest BCUT2D eigenvalue weighted by Gasteiger charge is -2.32. The first-order chi connectivity index (χ1) is 20.4. The maximum Gasteiger partial charge on any atom is 0.243 e. The molecule has 7 nitrogen and oxygen atoms in total. The second kappa shape index (κ2) is 14.7. The third kappa shape index (κ3) is 8.10. The Kier molecular flexibility index (Phi) is 10.5. The summed E-state index contributed by atoms with van der Waals surface area (Å²) in [4.78, 5) is 29.4. The molecule has 0 aliphatic carbocycles. The zero-order chi connectivity index (χ0) is 29.9. The van der Waals surface area contributed by atoms with Crippen molar-refractivity contribution in [2.24, 2.45) is 0 Å². The maximum absolute atomic E-state index is 14.0. The van der Waals surface area contributed by atoms with Gasteiger partial charge in [-0.1, -0.05) is 60.7 Å². The molecule has 42 heavy (non-hydrogen) atoms. The molecule has 1 N–H and O–H groups in total. The molecule has 0 heterocycles. The SMILES string of the molecule is COc1ccc(CNC(=O)C(Cc2ccccc2)N(Cc2ccc(F)cc2)C(=O)Cc2ccc(OC)c(OC)c2)cc1. The second-order valence-electron chi connectivity index (χ2n) is 9.79. The van der Waals surface area contributed by atoms with Gasteiger partial charge in [-0.2, -0.15) is 0 Å². The van der Waals surface area contributed by atoms with Crippen LogP contribution in [0.25, 0.3) is 0 Å². The molecular formula is C34H35FN2O5. The largest absolute Gasteiger partial charge is 0.497 e. The van der Waals surface area contributed by atoms with Crippen LogP contribution < -0.4 is 19.5 Å². The molecule has 0 fully saturated rings. The van der Waals surface area contributed by atoms with Crippen LogP contribution in [-0.2, 0) is 35.5 Å². The van der Waals surface area contributed by atoms with Crippen LogP contribution in [0.4, 0.5) is 4.39 Å². The molecule has 0 aromatic heterocycles. The molecule has 1 atom stereocenters. The number of amides is 2. The quantitative estimate of drug-likeness (QED) is 0.235. The van der Waals surface area contributed by atoms with Crippen LogP contribution in [0.2, 0.25) is 0 Å². The van der Waals surface area contributed by atoms with Gasteiger partial charge in [-0.15, -0.1) is 0 Å². The first-order valence-electron chi connectivity index (χ1n) is 13.6. The van der Waals surface area contributed by atoms with Gasteiger partial charge in [0.2, 0.25) is 11.8 Å². The van der Waals surface area contributed by atoms with Crippen molar-refractivity contribution in [2.75, 3.05) is 21.3 Å². The van der Waals surface area contributed by atoms with Crippen LogP contribution in [-0.4, -0.2) is 44.1 Å². The van der Waals surface area contributed by atoms with Gasteiger partial charge in [0.05, 0.1) is 27.8 Å². The van der Waals surface area contributed by atoms with Crippen LogP contribution in [0.15, 0.2) is 97.1 Å². The Hall–Kier alpha value is -4.85. The molecule has 4 aromatic carbocycles. The minimum Gasteiger partial charge on any atom is -0.497 e. The van der Waals surface area contributed by atoms with Crippen molar-refractivity contribution in [3.8, 4) is 17.2 Å². The average Bonchev–Trinajstić information content (AvgIpc) is 3.03. The summed E-state index contributed by atoms with van der Waals surface area (Å²) in [6.07, 6.45) is 0.326. The highest BCUT2D eigenvalue weighted by Crippen LogP contribution is 2.28. The number of nitrogens with one attached hydrogen (secondary N) is 1. The number of hydrogen-bond acceptors (Lipinski definition) is 5. The average molecular weight is 571 g/mol. The van der Waals surface area contributed by atoms with Gasteiger partial charge in [0.15, 0.2) is 11.5 Å². The zero-order valence-corrected chi connectivity index (χ0v) is 24.0. The molecule has 8 heteroatoms. The number of carbonyl (C=O) groups excluding carboxylic acids is 2. The van der Waals surface area contributed by atoms with Gasteiger partial charge in [-0.25, -0.2) is 4.39 Å². The zero-order valence-electron chi connectivity index (χ0n) is 24.0. The van der Waals surface area contributed by atoms with E-state index in [1.54, 1.807) is 49.5 Å². The van der Waals surface area contributed by atoms with E-state index < -0.39 is 6.04 Å². The van der Waals surface area contributed by atoms with Crippen molar-refractivity contribution in [3.63, 3.8) is 0 Å². The lowest BCUT2D eigenvalue weighted by atomic mass is 10.0. The Morgan fingerprint density at radius 2 is 1.38 bits per heavy atom. The van der Waals surface area contributed by atoms with E-state index in [1.807, 2.05) is 54.6 Å². The van der Waals surface area contributed by atoms with Gasteiger partial charge in [0.1, 0.15) is 17.6 Å². The second-order valence-corrected chi connectivity index (χ2v) is 9.79. The van der Waals surface area contributed by atoms with Gasteiger partial charge < -0.3 is 24.4 Å². The summed E-state index contributed by atoms with van der Waals surface area (Å²) in [5.41, 5.74) is 3.21. The Bertz CT molecular complexity index is 1460. The molecular weight excluding hydrogens is 535 g/mol. The lowest BCUT2D eigenvalue weighted by Crippen LogP contribution is -2.50. The van der Waals surface area contributed by atoms with E-state index in [9.17, 15) is 14.0 Å². The third-order valence-corrected chi connectivity index (χ3v) is 6.97. The number of ether oxygens (including phenoxy) is 3. The molecule has 218 valence electrons. The number of methoxy groups -OCH3 is 3. The number of carbonyl (C=O) groups is 2. The van der Waals surface area contributed by atoms with Gasteiger partial charge in [0, 0.05) is 19.5 Å². The first kappa shape index (κ1) is 30.1. The number of halogens is 1. The molecule has 0 spiro atoms. The lowest BCUT2D eigenvalue weighted by molar-refractivity contribution is -0.140. The van der Waals surface area contributed by atoms with E-state index in [0.29, 0.717) is 29.0 Å². The summed E-state index contributed by atoms with van der Waals surface area (Å²) >= 11 is 0.